The molecule has 0 aliphatic carbocycles. The minimum absolute atomic E-state index is 0.245. The number of aromatic nitrogens is 1. The lowest BCUT2D eigenvalue weighted by Crippen LogP contribution is -2.14. The van der Waals surface area contributed by atoms with E-state index in [1.165, 1.54) is 12.1 Å². The number of ether oxygens (including phenoxy) is 1. The zero-order valence-electron chi connectivity index (χ0n) is 14.3. The van der Waals surface area contributed by atoms with Crippen molar-refractivity contribution in [3.63, 3.8) is 0 Å². The van der Waals surface area contributed by atoms with Gasteiger partial charge in [-0.25, -0.2) is 14.4 Å². The summed E-state index contributed by atoms with van der Waals surface area (Å²) in [7, 11) is 1.96. The van der Waals surface area contributed by atoms with Crippen LogP contribution in [0.25, 0.3) is 0 Å². The van der Waals surface area contributed by atoms with E-state index in [9.17, 15) is 4.39 Å². The van der Waals surface area contributed by atoms with E-state index in [2.05, 4.69) is 32.8 Å². The Morgan fingerprint density at radius 3 is 2.75 bits per heavy atom. The van der Waals surface area contributed by atoms with E-state index in [-0.39, 0.29) is 5.82 Å². The molecule has 2 rings (SSSR count). The number of aliphatic imine (C=N–C) groups is 1. The molecule has 0 spiro atoms. The van der Waals surface area contributed by atoms with E-state index < -0.39 is 0 Å². The van der Waals surface area contributed by atoms with Crippen LogP contribution in [0.1, 0.15) is 23.7 Å². The molecule has 128 valence electrons. The van der Waals surface area contributed by atoms with Crippen molar-refractivity contribution in [3.05, 3.63) is 51.4 Å². The van der Waals surface area contributed by atoms with Crippen LogP contribution in [0.4, 0.5) is 10.1 Å². The lowest BCUT2D eigenvalue weighted by atomic mass is 10.1. The summed E-state index contributed by atoms with van der Waals surface area (Å²) in [6.45, 7) is 7.02. The van der Waals surface area contributed by atoms with Crippen LogP contribution >= 0.6 is 15.9 Å². The predicted molar refractivity (Wildman–Crippen MR) is 98.6 cm³/mol. The molecule has 0 amide bonds. The van der Waals surface area contributed by atoms with Crippen molar-refractivity contribution in [2.75, 3.05) is 13.6 Å². The summed E-state index contributed by atoms with van der Waals surface area (Å²) in [6, 6.07) is 6.54. The summed E-state index contributed by atoms with van der Waals surface area (Å²) in [4.78, 5) is 10.9. The molecule has 1 heterocycles. The van der Waals surface area contributed by atoms with Crippen molar-refractivity contribution < 1.29 is 9.13 Å². The molecule has 0 saturated carbocycles. The number of rotatable bonds is 6. The van der Waals surface area contributed by atoms with Crippen LogP contribution in [0.15, 0.2) is 33.7 Å². The molecule has 0 unspecified atom stereocenters. The molecule has 0 aliphatic heterocycles. The van der Waals surface area contributed by atoms with Gasteiger partial charge in [0.1, 0.15) is 12.4 Å². The fourth-order valence-corrected chi connectivity index (χ4v) is 2.41. The third-order valence-corrected chi connectivity index (χ3v) is 4.24. The van der Waals surface area contributed by atoms with Gasteiger partial charge in [-0.1, -0.05) is 6.07 Å². The van der Waals surface area contributed by atoms with Crippen LogP contribution < -0.4 is 4.74 Å². The van der Waals surface area contributed by atoms with E-state index in [0.717, 1.165) is 33.5 Å². The summed E-state index contributed by atoms with van der Waals surface area (Å²) in [5.41, 5.74) is 3.35. The topological polar surface area (TPSA) is 37.7 Å². The third-order valence-electron chi connectivity index (χ3n) is 3.67. The average molecular weight is 394 g/mol. The lowest BCUT2D eigenvalue weighted by molar-refractivity contribution is 0.290. The van der Waals surface area contributed by atoms with E-state index in [0.29, 0.717) is 12.5 Å². The maximum Gasteiger partial charge on any atom is 0.228 e. The number of nitrogens with zero attached hydrogens (tertiary/aromatic N) is 3. The summed E-state index contributed by atoms with van der Waals surface area (Å²) in [5.74, 6) is 0.254. The van der Waals surface area contributed by atoms with E-state index in [1.54, 1.807) is 12.4 Å². The SMILES string of the molecule is CCN(C)C=Nc1cc(Br)c(OCc2ccc(F)cc2C)nc1C. The van der Waals surface area contributed by atoms with Gasteiger partial charge in [0.05, 0.1) is 22.2 Å². The van der Waals surface area contributed by atoms with Gasteiger partial charge >= 0.3 is 0 Å². The van der Waals surface area contributed by atoms with Gasteiger partial charge in [-0.15, -0.1) is 0 Å². The Morgan fingerprint density at radius 2 is 2.08 bits per heavy atom. The standard InChI is InChI=1S/C18H21BrFN3O/c1-5-23(4)11-21-17-9-16(19)18(22-13(17)3)24-10-14-6-7-15(20)8-12(14)2/h6-9,11H,5,10H2,1-4H3. The number of aryl methyl sites for hydroxylation is 2. The molecule has 0 bridgehead atoms. The second-order valence-electron chi connectivity index (χ2n) is 5.56. The van der Waals surface area contributed by atoms with Gasteiger partial charge < -0.3 is 9.64 Å². The van der Waals surface area contributed by atoms with Crippen LogP contribution in [0.5, 0.6) is 5.88 Å². The van der Waals surface area contributed by atoms with Crippen LogP contribution in [0.3, 0.4) is 0 Å². The minimum Gasteiger partial charge on any atom is -0.472 e. The van der Waals surface area contributed by atoms with E-state index in [4.69, 9.17) is 4.74 Å². The Kier molecular flexibility index (Phi) is 6.31. The summed E-state index contributed by atoms with van der Waals surface area (Å²) in [5, 5.41) is 0. The van der Waals surface area contributed by atoms with E-state index in [1.807, 2.05) is 31.9 Å². The number of benzene rings is 1. The van der Waals surface area contributed by atoms with Gasteiger partial charge in [-0.05, 0) is 66.0 Å². The predicted octanol–water partition coefficient (Wildman–Crippen LogP) is 4.79. The maximum absolute atomic E-state index is 13.1. The fraction of sp³-hybridized carbons (Fsp3) is 0.333. The van der Waals surface area contributed by atoms with Gasteiger partial charge in [0.2, 0.25) is 5.88 Å². The molecule has 1 aromatic carbocycles. The Bertz CT molecular complexity index is 749. The molecule has 0 atom stereocenters. The van der Waals surface area contributed by atoms with Crippen molar-refractivity contribution in [1.29, 1.82) is 0 Å². The van der Waals surface area contributed by atoms with Gasteiger partial charge in [0.15, 0.2) is 0 Å². The van der Waals surface area contributed by atoms with Crippen molar-refractivity contribution >= 4 is 28.0 Å². The van der Waals surface area contributed by atoms with Crippen molar-refractivity contribution in [2.24, 2.45) is 4.99 Å². The van der Waals surface area contributed by atoms with Crippen LogP contribution in [0, 0.1) is 19.7 Å². The first kappa shape index (κ1) is 18.4. The number of hydrogen-bond donors (Lipinski definition) is 0. The highest BCUT2D eigenvalue weighted by molar-refractivity contribution is 9.10. The molecule has 0 radical (unpaired) electrons. The summed E-state index contributed by atoms with van der Waals surface area (Å²) in [6.07, 6.45) is 1.78. The van der Waals surface area contributed by atoms with Crippen molar-refractivity contribution in [2.45, 2.75) is 27.4 Å². The zero-order chi connectivity index (χ0) is 17.7. The van der Waals surface area contributed by atoms with Crippen LogP contribution in [-0.2, 0) is 6.61 Å². The number of hydrogen-bond acceptors (Lipinski definition) is 3. The van der Waals surface area contributed by atoms with Gasteiger partial charge in [0, 0.05) is 13.6 Å². The fourth-order valence-electron chi connectivity index (χ4n) is 1.99. The highest BCUT2D eigenvalue weighted by atomic mass is 79.9. The van der Waals surface area contributed by atoms with E-state index >= 15 is 0 Å². The first-order chi connectivity index (χ1) is 11.4. The monoisotopic (exact) mass is 393 g/mol. The third kappa shape index (κ3) is 4.77. The summed E-state index contributed by atoms with van der Waals surface area (Å²) < 4.78 is 19.7. The molecule has 2 aromatic rings. The highest BCUT2D eigenvalue weighted by Crippen LogP contribution is 2.30. The normalized spacial score (nSPS) is 11.1. The summed E-state index contributed by atoms with van der Waals surface area (Å²) >= 11 is 3.47. The van der Waals surface area contributed by atoms with Crippen LogP contribution in [0.2, 0.25) is 0 Å². The van der Waals surface area contributed by atoms with Crippen LogP contribution in [-0.4, -0.2) is 29.8 Å². The van der Waals surface area contributed by atoms with Gasteiger partial charge in [-0.3, -0.25) is 0 Å². The Hall–Kier alpha value is -1.95. The highest BCUT2D eigenvalue weighted by Gasteiger charge is 2.09. The molecule has 6 heteroatoms. The number of halogens is 2. The first-order valence-electron chi connectivity index (χ1n) is 7.70. The second-order valence-corrected chi connectivity index (χ2v) is 6.41. The molecule has 1 aromatic heterocycles. The lowest BCUT2D eigenvalue weighted by Gasteiger charge is -2.12. The smallest absolute Gasteiger partial charge is 0.228 e. The molecule has 4 nitrogen and oxygen atoms in total. The molecule has 0 aliphatic rings. The molecular formula is C18H21BrFN3O. The molecule has 0 saturated heterocycles. The quantitative estimate of drug-likeness (QED) is 0.522. The molecule has 0 fully saturated rings. The minimum atomic E-state index is -0.245. The van der Waals surface area contributed by atoms with Gasteiger partial charge in [-0.2, -0.15) is 0 Å². The Labute approximate surface area is 150 Å². The maximum atomic E-state index is 13.1. The zero-order valence-corrected chi connectivity index (χ0v) is 15.9. The second kappa shape index (κ2) is 8.24. The number of pyridine rings is 1. The largest absolute Gasteiger partial charge is 0.472 e. The molecular weight excluding hydrogens is 373 g/mol. The molecule has 0 N–H and O–H groups in total. The van der Waals surface area contributed by atoms with Crippen molar-refractivity contribution in [1.82, 2.24) is 9.88 Å². The van der Waals surface area contributed by atoms with Crippen molar-refractivity contribution in [3.8, 4) is 5.88 Å². The Balaban J connectivity index is 2.14. The first-order valence-corrected chi connectivity index (χ1v) is 8.49. The Morgan fingerprint density at radius 1 is 1.33 bits per heavy atom. The average Bonchev–Trinajstić information content (AvgIpc) is 2.54. The van der Waals surface area contributed by atoms with Gasteiger partial charge in [0.25, 0.3) is 0 Å². The molecule has 24 heavy (non-hydrogen) atoms.